The van der Waals surface area contributed by atoms with Crippen molar-refractivity contribution in [1.82, 2.24) is 10.2 Å². The van der Waals surface area contributed by atoms with Gasteiger partial charge in [0.25, 0.3) is 0 Å². The minimum atomic E-state index is -0.725. The first-order chi connectivity index (χ1) is 10.1. The summed E-state index contributed by atoms with van der Waals surface area (Å²) in [6, 6.07) is 1.02. The molecule has 0 aromatic heterocycles. The van der Waals surface area contributed by atoms with Crippen LogP contribution in [0, 0.1) is 0 Å². The average molecular weight is 298 g/mol. The molecule has 1 aliphatic carbocycles. The predicted octanol–water partition coefficient (Wildman–Crippen LogP) is 1.86. The van der Waals surface area contributed by atoms with Gasteiger partial charge in [-0.3, -0.25) is 10.1 Å². The summed E-state index contributed by atoms with van der Waals surface area (Å²) in [5.74, 6) is -0.689. The molecular formula is C16H30N2O3. The van der Waals surface area contributed by atoms with Gasteiger partial charge in [-0.05, 0) is 58.5 Å². The zero-order valence-electron chi connectivity index (χ0n) is 13.4. The molecule has 2 fully saturated rings. The second-order valence-corrected chi connectivity index (χ2v) is 6.59. The maximum absolute atomic E-state index is 11.7. The Hall–Kier alpha value is -0.650. The van der Waals surface area contributed by atoms with Crippen molar-refractivity contribution in [3.8, 4) is 0 Å². The average Bonchev–Trinajstić information content (AvgIpc) is 3.30. The van der Waals surface area contributed by atoms with E-state index in [1.165, 1.54) is 0 Å². The van der Waals surface area contributed by atoms with Crippen LogP contribution in [-0.4, -0.2) is 60.4 Å². The summed E-state index contributed by atoms with van der Waals surface area (Å²) in [5.41, 5.74) is -0.725. The maximum atomic E-state index is 11.7. The lowest BCUT2D eigenvalue weighted by molar-refractivity contribution is -0.145. The second kappa shape index (κ2) is 7.56. The van der Waals surface area contributed by atoms with E-state index in [1.54, 1.807) is 0 Å². The molecule has 0 radical (unpaired) electrons. The van der Waals surface area contributed by atoms with E-state index in [1.807, 2.05) is 6.92 Å². The molecule has 2 aliphatic rings. The van der Waals surface area contributed by atoms with Gasteiger partial charge in [0, 0.05) is 25.3 Å². The molecule has 0 aromatic rings. The third-order valence-electron chi connectivity index (χ3n) is 5.00. The van der Waals surface area contributed by atoms with E-state index < -0.39 is 11.5 Å². The Labute approximate surface area is 128 Å². The van der Waals surface area contributed by atoms with Crippen molar-refractivity contribution in [2.45, 2.75) is 69.5 Å². The molecule has 5 heteroatoms. The molecule has 1 unspecified atom stereocenters. The molecule has 1 heterocycles. The van der Waals surface area contributed by atoms with Crippen LogP contribution >= 0.6 is 0 Å². The first-order valence-corrected chi connectivity index (χ1v) is 8.36. The molecule has 0 amide bonds. The first kappa shape index (κ1) is 16.7. The fourth-order valence-electron chi connectivity index (χ4n) is 3.23. The molecule has 0 bridgehead atoms. The topological polar surface area (TPSA) is 61.8 Å². The zero-order valence-corrected chi connectivity index (χ0v) is 13.4. The molecule has 1 atom stereocenters. The van der Waals surface area contributed by atoms with Gasteiger partial charge in [-0.1, -0.05) is 6.92 Å². The SMILES string of the molecule is CCC(CCCN(C)C1CCOCC1)(NC1CC1)C(=O)O. The lowest BCUT2D eigenvalue weighted by atomic mass is 9.90. The number of nitrogens with one attached hydrogen (secondary N) is 1. The summed E-state index contributed by atoms with van der Waals surface area (Å²) in [5, 5.41) is 13.0. The van der Waals surface area contributed by atoms with Gasteiger partial charge in [0.1, 0.15) is 5.54 Å². The predicted molar refractivity (Wildman–Crippen MR) is 82.5 cm³/mol. The van der Waals surface area contributed by atoms with Crippen molar-refractivity contribution < 1.29 is 14.6 Å². The fourth-order valence-corrected chi connectivity index (χ4v) is 3.23. The molecule has 0 aromatic carbocycles. The Bertz CT molecular complexity index is 340. The van der Waals surface area contributed by atoms with Crippen LogP contribution in [0.3, 0.4) is 0 Å². The fraction of sp³-hybridized carbons (Fsp3) is 0.938. The van der Waals surface area contributed by atoms with Crippen LogP contribution in [-0.2, 0) is 9.53 Å². The number of nitrogens with zero attached hydrogens (tertiary/aromatic N) is 1. The van der Waals surface area contributed by atoms with Crippen molar-refractivity contribution in [3.63, 3.8) is 0 Å². The Morgan fingerprint density at radius 1 is 1.33 bits per heavy atom. The summed E-state index contributed by atoms with van der Waals surface area (Å²) < 4.78 is 5.39. The minimum absolute atomic E-state index is 0.425. The standard InChI is InChI=1S/C16H30N2O3/c1-3-16(15(19)20,17-13-5-6-13)9-4-10-18(2)14-7-11-21-12-8-14/h13-14,17H,3-12H2,1-2H3,(H,19,20). The van der Waals surface area contributed by atoms with Crippen LogP contribution in [0.15, 0.2) is 0 Å². The largest absolute Gasteiger partial charge is 0.480 e. The van der Waals surface area contributed by atoms with E-state index in [4.69, 9.17) is 4.74 Å². The zero-order chi connectivity index (χ0) is 15.3. The van der Waals surface area contributed by atoms with E-state index in [0.717, 1.165) is 51.9 Å². The Morgan fingerprint density at radius 2 is 2.00 bits per heavy atom. The van der Waals surface area contributed by atoms with Crippen molar-refractivity contribution >= 4 is 5.97 Å². The molecule has 1 saturated heterocycles. The van der Waals surface area contributed by atoms with Gasteiger partial charge >= 0.3 is 5.97 Å². The van der Waals surface area contributed by atoms with Gasteiger partial charge in [-0.2, -0.15) is 0 Å². The molecule has 0 spiro atoms. The monoisotopic (exact) mass is 298 g/mol. The van der Waals surface area contributed by atoms with Crippen LogP contribution in [0.25, 0.3) is 0 Å². The first-order valence-electron chi connectivity index (χ1n) is 8.36. The summed E-state index contributed by atoms with van der Waals surface area (Å²) >= 11 is 0. The van der Waals surface area contributed by atoms with Crippen LogP contribution in [0.5, 0.6) is 0 Å². The molecular weight excluding hydrogens is 268 g/mol. The van der Waals surface area contributed by atoms with E-state index in [0.29, 0.717) is 24.9 Å². The highest BCUT2D eigenvalue weighted by atomic mass is 16.5. The van der Waals surface area contributed by atoms with Gasteiger partial charge in [0.05, 0.1) is 0 Å². The highest BCUT2D eigenvalue weighted by molar-refractivity contribution is 5.78. The molecule has 1 aliphatic heterocycles. The number of carbonyl (C=O) groups is 1. The summed E-state index contributed by atoms with van der Waals surface area (Å²) in [6.45, 7) is 4.65. The number of aliphatic carboxylic acids is 1. The van der Waals surface area contributed by atoms with Gasteiger partial charge in [-0.25, -0.2) is 0 Å². The van der Waals surface area contributed by atoms with Gasteiger partial charge in [0.15, 0.2) is 0 Å². The molecule has 1 saturated carbocycles. The summed E-state index contributed by atoms with van der Waals surface area (Å²) in [6.07, 6.45) is 6.72. The van der Waals surface area contributed by atoms with Crippen molar-refractivity contribution in [3.05, 3.63) is 0 Å². The molecule has 122 valence electrons. The van der Waals surface area contributed by atoms with Crippen molar-refractivity contribution in [2.75, 3.05) is 26.8 Å². The number of hydrogen-bond donors (Lipinski definition) is 2. The number of hydrogen-bond acceptors (Lipinski definition) is 4. The number of carboxylic acids is 1. The molecule has 2 N–H and O–H groups in total. The summed E-state index contributed by atoms with van der Waals surface area (Å²) in [7, 11) is 2.15. The Morgan fingerprint density at radius 3 is 2.52 bits per heavy atom. The van der Waals surface area contributed by atoms with Crippen LogP contribution in [0.1, 0.15) is 51.9 Å². The van der Waals surface area contributed by atoms with Crippen LogP contribution in [0.2, 0.25) is 0 Å². The van der Waals surface area contributed by atoms with Crippen molar-refractivity contribution in [2.24, 2.45) is 0 Å². The normalized spacial score (nSPS) is 23.2. The molecule has 21 heavy (non-hydrogen) atoms. The van der Waals surface area contributed by atoms with Crippen molar-refractivity contribution in [1.29, 1.82) is 0 Å². The van der Waals surface area contributed by atoms with E-state index in [-0.39, 0.29) is 0 Å². The van der Waals surface area contributed by atoms with Gasteiger partial charge in [0.2, 0.25) is 0 Å². The molecule has 5 nitrogen and oxygen atoms in total. The number of ether oxygens (including phenoxy) is 1. The van der Waals surface area contributed by atoms with Crippen LogP contribution in [0.4, 0.5) is 0 Å². The number of carboxylic acid groups (broad SMARTS) is 1. The highest BCUT2D eigenvalue weighted by Gasteiger charge is 2.40. The maximum Gasteiger partial charge on any atom is 0.323 e. The van der Waals surface area contributed by atoms with E-state index in [2.05, 4.69) is 17.3 Å². The Balaban J connectivity index is 1.79. The van der Waals surface area contributed by atoms with E-state index in [9.17, 15) is 9.90 Å². The minimum Gasteiger partial charge on any atom is -0.480 e. The Kier molecular flexibility index (Phi) is 6.02. The lowest BCUT2D eigenvalue weighted by Gasteiger charge is -2.33. The van der Waals surface area contributed by atoms with Crippen LogP contribution < -0.4 is 5.32 Å². The lowest BCUT2D eigenvalue weighted by Crippen LogP contribution is -2.53. The smallest absolute Gasteiger partial charge is 0.323 e. The van der Waals surface area contributed by atoms with E-state index >= 15 is 0 Å². The number of rotatable bonds is 9. The third-order valence-corrected chi connectivity index (χ3v) is 5.00. The van der Waals surface area contributed by atoms with Gasteiger partial charge < -0.3 is 14.7 Å². The molecule has 2 rings (SSSR count). The second-order valence-electron chi connectivity index (χ2n) is 6.59. The van der Waals surface area contributed by atoms with Gasteiger partial charge in [-0.15, -0.1) is 0 Å². The quantitative estimate of drug-likeness (QED) is 0.680. The summed E-state index contributed by atoms with van der Waals surface area (Å²) in [4.78, 5) is 14.1. The highest BCUT2D eigenvalue weighted by Crippen LogP contribution is 2.27. The third kappa shape index (κ3) is 4.66.